The number of hydrogen-bond acceptors (Lipinski definition) is 15. The molecule has 0 bridgehead atoms. The number of aromatic nitrogens is 2. The lowest BCUT2D eigenvalue weighted by Crippen LogP contribution is -2.44. The third kappa shape index (κ3) is 11.6. The van der Waals surface area contributed by atoms with Crippen LogP contribution in [0.4, 0.5) is 0 Å². The first-order valence-corrected chi connectivity index (χ1v) is 26.7. The summed E-state index contributed by atoms with van der Waals surface area (Å²) in [6, 6.07) is 33.7. The number of aryl methyl sites for hydroxylation is 2. The molecular weight excluding hydrogens is 1010 g/mol. The van der Waals surface area contributed by atoms with Crippen molar-refractivity contribution in [2.24, 2.45) is 0 Å². The van der Waals surface area contributed by atoms with E-state index in [2.05, 4.69) is 99.7 Å². The molecule has 5 aromatic carbocycles. The Balaban J connectivity index is 0.000000199. The van der Waals surface area contributed by atoms with Crippen molar-refractivity contribution in [1.82, 2.24) is 30.4 Å². The van der Waals surface area contributed by atoms with E-state index in [0.29, 0.717) is 40.1 Å². The second kappa shape index (κ2) is 24.6. The van der Waals surface area contributed by atoms with Crippen molar-refractivity contribution in [3.05, 3.63) is 178 Å². The molecule has 0 saturated heterocycles. The minimum absolute atomic E-state index is 0.0267. The average molecular weight is 1080 g/mol. The summed E-state index contributed by atoms with van der Waals surface area (Å²) in [5.74, 6) is -4.86. The number of thiol groups is 1. The van der Waals surface area contributed by atoms with Crippen molar-refractivity contribution < 1.29 is 49.0 Å². The molecule has 2 aliphatic carbocycles. The number of carbonyl (C=O) groups excluding carboxylic acids is 2. The van der Waals surface area contributed by atoms with Crippen LogP contribution in [0.25, 0.3) is 21.8 Å². The van der Waals surface area contributed by atoms with Crippen molar-refractivity contribution in [1.29, 1.82) is 0 Å². The van der Waals surface area contributed by atoms with Crippen LogP contribution < -0.4 is 29.6 Å². The number of aliphatic hydroxyl groups is 4. The van der Waals surface area contributed by atoms with Gasteiger partial charge in [-0.1, -0.05) is 62.4 Å². The fourth-order valence-electron chi connectivity index (χ4n) is 9.80. The molecule has 412 valence electrons. The monoisotopic (exact) mass is 1080 g/mol. The first kappa shape index (κ1) is 58.4. The van der Waals surface area contributed by atoms with Crippen molar-refractivity contribution in [2.45, 2.75) is 82.2 Å². The van der Waals surface area contributed by atoms with Crippen molar-refractivity contribution >= 4 is 46.2 Å². The summed E-state index contributed by atoms with van der Waals surface area (Å²) in [6.07, 6.45) is 11.9. The molecule has 78 heavy (non-hydrogen) atoms. The number of pyridine rings is 2. The molecule has 16 nitrogen and oxygen atoms in total. The van der Waals surface area contributed by atoms with Crippen LogP contribution in [0.1, 0.15) is 80.8 Å². The van der Waals surface area contributed by atoms with Gasteiger partial charge < -0.3 is 54.9 Å². The van der Waals surface area contributed by atoms with Crippen LogP contribution in [0.15, 0.2) is 134 Å². The van der Waals surface area contributed by atoms with Gasteiger partial charge in [0.2, 0.25) is 0 Å². The van der Waals surface area contributed by atoms with E-state index in [9.17, 15) is 30.0 Å². The Morgan fingerprint density at radius 2 is 1.14 bits per heavy atom. The summed E-state index contributed by atoms with van der Waals surface area (Å²) in [4.78, 5) is 40.0. The molecule has 2 amide bonds. The Morgan fingerprint density at radius 1 is 0.654 bits per heavy atom. The third-order valence-electron chi connectivity index (χ3n) is 14.6. The Labute approximate surface area is 462 Å². The van der Waals surface area contributed by atoms with Crippen molar-refractivity contribution in [3.63, 3.8) is 0 Å². The quantitative estimate of drug-likeness (QED) is 0.0458. The lowest BCUT2D eigenvalue weighted by molar-refractivity contribution is -0.207. The van der Waals surface area contributed by atoms with Crippen molar-refractivity contribution in [2.75, 3.05) is 54.8 Å². The minimum Gasteiger partial charge on any atom is -0.497 e. The Kier molecular flexibility index (Phi) is 18.4. The molecule has 6 N–H and O–H groups in total. The fourth-order valence-corrected chi connectivity index (χ4v) is 9.80. The number of rotatable bonds is 12. The van der Waals surface area contributed by atoms with Gasteiger partial charge in [-0.05, 0) is 135 Å². The molecule has 0 radical (unpaired) electrons. The fraction of sp³-hybridized carbons (Fsp3) is 0.344. The molecule has 2 saturated carbocycles. The number of amides is 2. The van der Waals surface area contributed by atoms with E-state index < -0.39 is 28.6 Å². The summed E-state index contributed by atoms with van der Waals surface area (Å²) in [6.45, 7) is 10.3. The van der Waals surface area contributed by atoms with Gasteiger partial charge in [-0.3, -0.25) is 24.5 Å². The Bertz CT molecular complexity index is 3280. The standard InChI is InChI=1S/C32H33N3O3.C22H22N2O7.C4H7N.C2H6.CH4S/c1-21-10-11-25(38-20-24-15-22-7-4-5-8-23(22)19-35(24)2)16-28(21)31(36)34-32(12-13-32)29-17-26(37-3)18-30-27(29)9-6-14-33-30;1-12-6-7-13(30-2)9-16(12)19(25)24-20(21(26,27)22(20,28)29)17-10-14(31-3)11-18-15(17)5-4-8-23-18;1-5-3-2-4-5;2*1-2/h4-11,14,16-18,24H,12-13,15,19-20H2,1-3H3,(H,34,36);4-11,26-29H,1-3H3,(H,24,25);2-3H,4H2,1H3;1-2H3;2H,1H3. The second-order valence-electron chi connectivity index (χ2n) is 19.4. The highest BCUT2D eigenvalue weighted by atomic mass is 32.1. The number of likely N-dealkylation sites (N-methyl/N-ethyl adjacent to an activating group) is 2. The molecule has 2 aromatic heterocycles. The first-order chi connectivity index (χ1) is 37.4. The molecule has 1 unspecified atom stereocenters. The van der Waals surface area contributed by atoms with Gasteiger partial charge in [-0.25, -0.2) is 0 Å². The normalized spacial score (nSPS) is 17.2. The zero-order valence-corrected chi connectivity index (χ0v) is 46.9. The van der Waals surface area contributed by atoms with Crippen LogP contribution in [0.2, 0.25) is 0 Å². The van der Waals surface area contributed by atoms with Gasteiger partial charge in [0.1, 0.15) is 29.6 Å². The number of nitrogens with zero attached hydrogens (tertiary/aromatic N) is 4. The largest absolute Gasteiger partial charge is 0.497 e. The zero-order chi connectivity index (χ0) is 56.6. The van der Waals surface area contributed by atoms with E-state index in [1.165, 1.54) is 43.7 Å². The number of carbonyl (C=O) groups is 2. The van der Waals surface area contributed by atoms with E-state index in [4.69, 9.17) is 18.9 Å². The minimum atomic E-state index is -3.09. The highest BCUT2D eigenvalue weighted by molar-refractivity contribution is 7.79. The predicted octanol–water partition coefficient (Wildman–Crippen LogP) is 7.99. The van der Waals surface area contributed by atoms with Gasteiger partial charge in [0.25, 0.3) is 23.4 Å². The van der Waals surface area contributed by atoms with E-state index in [0.717, 1.165) is 60.1 Å². The predicted molar refractivity (Wildman–Crippen MR) is 306 cm³/mol. The zero-order valence-electron chi connectivity index (χ0n) is 46.0. The molecule has 1 atom stereocenters. The molecule has 4 heterocycles. The number of fused-ring (bicyclic) bond motifs is 3. The number of nitrogens with one attached hydrogen (secondary N) is 2. The van der Waals surface area contributed by atoms with E-state index in [1.807, 2.05) is 57.2 Å². The highest BCUT2D eigenvalue weighted by Crippen LogP contribution is 2.63. The Morgan fingerprint density at radius 3 is 1.64 bits per heavy atom. The van der Waals surface area contributed by atoms with Gasteiger partial charge in [-0.2, -0.15) is 12.6 Å². The molecule has 2 fully saturated rings. The molecule has 4 aliphatic rings. The van der Waals surface area contributed by atoms with Crippen LogP contribution >= 0.6 is 12.6 Å². The molecule has 11 rings (SSSR count). The number of ether oxygens (including phenoxy) is 4. The SMILES string of the molecule is CC.CN1C=CC1.COc1cc(C2(NC(=O)c3cc(OCC4Cc5ccccc5CN4C)ccc3C)CC2)c2cccnc2c1.COc1ccc(C)c(C(=O)NC2(c3cc(OC)cc4ncccc34)C(O)(O)C2(O)O)c1.CS. The topological polar surface area (TPSA) is 208 Å². The third-order valence-corrected chi connectivity index (χ3v) is 14.6. The lowest BCUT2D eigenvalue weighted by Gasteiger charge is -2.33. The van der Waals surface area contributed by atoms with Crippen molar-refractivity contribution in [3.8, 4) is 23.0 Å². The summed E-state index contributed by atoms with van der Waals surface area (Å²) < 4.78 is 22.2. The first-order valence-electron chi connectivity index (χ1n) is 25.8. The number of methoxy groups -OCH3 is 3. The maximum atomic E-state index is 13.6. The summed E-state index contributed by atoms with van der Waals surface area (Å²) >= 11 is 3.53. The van der Waals surface area contributed by atoms with Gasteiger partial charge >= 0.3 is 0 Å². The molecule has 2 aliphatic heterocycles. The van der Waals surface area contributed by atoms with Crippen LogP contribution in [0.3, 0.4) is 0 Å². The molecule has 0 spiro atoms. The average Bonchev–Trinajstić information content (AvgIpc) is 4.21. The highest BCUT2D eigenvalue weighted by Gasteiger charge is 2.91. The van der Waals surface area contributed by atoms with Gasteiger partial charge in [0, 0.05) is 78.2 Å². The van der Waals surface area contributed by atoms with Crippen LogP contribution in [0, 0.1) is 13.8 Å². The molecular formula is C61H72N6O10S. The van der Waals surface area contributed by atoms with Crippen LogP contribution in [-0.2, 0) is 24.0 Å². The van der Waals surface area contributed by atoms with Crippen LogP contribution in [-0.4, -0.2) is 124 Å². The molecule has 7 aromatic rings. The summed E-state index contributed by atoms with van der Waals surface area (Å²) in [5.41, 5.74) is 4.64. The van der Waals surface area contributed by atoms with Gasteiger partial charge in [0.15, 0.2) is 5.54 Å². The van der Waals surface area contributed by atoms with E-state index >= 15 is 0 Å². The summed E-state index contributed by atoms with van der Waals surface area (Å²) in [7, 11) is 8.71. The van der Waals surface area contributed by atoms with Gasteiger partial charge in [0.05, 0.1) is 37.9 Å². The number of benzene rings is 5. The van der Waals surface area contributed by atoms with E-state index in [-0.39, 0.29) is 28.8 Å². The maximum Gasteiger partial charge on any atom is 0.255 e. The molecule has 17 heteroatoms. The Hall–Kier alpha value is -7.25. The maximum absolute atomic E-state index is 13.6. The van der Waals surface area contributed by atoms with Crippen LogP contribution in [0.5, 0.6) is 23.0 Å². The van der Waals surface area contributed by atoms with E-state index in [1.54, 1.807) is 56.8 Å². The summed E-state index contributed by atoms with van der Waals surface area (Å²) in [5, 5.41) is 49.5. The second-order valence-corrected chi connectivity index (χ2v) is 19.4. The number of hydrogen-bond donors (Lipinski definition) is 7. The smallest absolute Gasteiger partial charge is 0.255 e. The van der Waals surface area contributed by atoms with Gasteiger partial charge in [-0.15, -0.1) is 0 Å². The lowest BCUT2D eigenvalue weighted by atomic mass is 9.95.